The van der Waals surface area contributed by atoms with Gasteiger partial charge in [0.1, 0.15) is 23.2 Å². The Bertz CT molecular complexity index is 1330. The summed E-state index contributed by atoms with van der Waals surface area (Å²) in [6.45, 7) is 2.47. The summed E-state index contributed by atoms with van der Waals surface area (Å²) in [7, 11) is 1.47. The van der Waals surface area contributed by atoms with Crippen molar-refractivity contribution in [1.82, 2.24) is 9.78 Å². The predicted octanol–water partition coefficient (Wildman–Crippen LogP) is 4.27. The lowest BCUT2D eigenvalue weighted by Gasteiger charge is -2.33. The Morgan fingerprint density at radius 2 is 2.03 bits per heavy atom. The molecule has 2 aliphatic rings. The molecule has 0 unspecified atom stereocenters. The van der Waals surface area contributed by atoms with Gasteiger partial charge in [-0.3, -0.25) is 9.59 Å². The fourth-order valence-corrected chi connectivity index (χ4v) is 4.60. The van der Waals surface area contributed by atoms with E-state index in [0.717, 1.165) is 23.4 Å². The van der Waals surface area contributed by atoms with Crippen molar-refractivity contribution in [3.05, 3.63) is 71.1 Å². The van der Waals surface area contributed by atoms with Gasteiger partial charge < -0.3 is 25.2 Å². The van der Waals surface area contributed by atoms with Crippen LogP contribution in [0.4, 0.5) is 11.5 Å². The zero-order chi connectivity index (χ0) is 24.5. The van der Waals surface area contributed by atoms with Gasteiger partial charge in [-0.25, -0.2) is 4.68 Å². The van der Waals surface area contributed by atoms with Crippen LogP contribution in [0.25, 0.3) is 0 Å². The second-order valence-electron chi connectivity index (χ2n) is 8.39. The average molecular weight is 475 g/mol. The van der Waals surface area contributed by atoms with Crippen molar-refractivity contribution < 1.29 is 24.2 Å². The molecule has 9 heteroatoms. The number of ether oxygens (including phenoxy) is 2. The van der Waals surface area contributed by atoms with Crippen LogP contribution in [-0.4, -0.2) is 40.3 Å². The standard InChI is InChI=1S/C26H26N4O5/c1-3-35-17-10-8-16(9-11-17)28-26(33)18-14-27-30-24(15-7-12-20(31)22(13-15)34-2)23-19(29-25(18)30)5-4-6-21(23)32/h7-14,24,29,31H,3-6H2,1-2H3,(H,28,33)/t24-/m0/s1. The normalized spacial score (nSPS) is 16.7. The monoisotopic (exact) mass is 474 g/mol. The van der Waals surface area contributed by atoms with Crippen molar-refractivity contribution in [1.29, 1.82) is 0 Å². The van der Waals surface area contributed by atoms with Gasteiger partial charge in [0.15, 0.2) is 17.3 Å². The van der Waals surface area contributed by atoms with E-state index in [2.05, 4.69) is 15.7 Å². The Hall–Kier alpha value is -4.27. The minimum atomic E-state index is -0.546. The molecule has 9 nitrogen and oxygen atoms in total. The third-order valence-electron chi connectivity index (χ3n) is 6.23. The molecule has 0 saturated carbocycles. The lowest BCUT2D eigenvalue weighted by Crippen LogP contribution is -2.32. The molecule has 3 aromatic rings. The Labute approximate surface area is 202 Å². The summed E-state index contributed by atoms with van der Waals surface area (Å²) in [6, 6.07) is 11.6. The summed E-state index contributed by atoms with van der Waals surface area (Å²) in [5.41, 5.74) is 3.13. The number of phenols is 1. The Kier molecular flexibility index (Phi) is 5.90. The molecule has 1 aromatic heterocycles. The van der Waals surface area contributed by atoms with Gasteiger partial charge in [0, 0.05) is 23.4 Å². The van der Waals surface area contributed by atoms with Crippen molar-refractivity contribution in [2.45, 2.75) is 32.2 Å². The first-order valence-electron chi connectivity index (χ1n) is 11.5. The minimum absolute atomic E-state index is 0.00506. The van der Waals surface area contributed by atoms with Crippen LogP contribution in [0.3, 0.4) is 0 Å². The lowest BCUT2D eigenvalue weighted by molar-refractivity contribution is -0.116. The quantitative estimate of drug-likeness (QED) is 0.489. The third kappa shape index (κ3) is 4.09. The molecular formula is C26H26N4O5. The highest BCUT2D eigenvalue weighted by Gasteiger charge is 2.37. The number of Topliss-reactive ketones (excluding diaryl/α,β-unsaturated/α-hetero) is 1. The van der Waals surface area contributed by atoms with Crippen molar-refractivity contribution >= 4 is 23.2 Å². The van der Waals surface area contributed by atoms with E-state index in [9.17, 15) is 14.7 Å². The second-order valence-corrected chi connectivity index (χ2v) is 8.39. The number of fused-ring (bicyclic) bond motifs is 1. The topological polar surface area (TPSA) is 115 Å². The molecule has 3 N–H and O–H groups in total. The fraction of sp³-hybridized carbons (Fsp3) is 0.269. The van der Waals surface area contributed by atoms with Crippen molar-refractivity contribution in [2.75, 3.05) is 24.4 Å². The zero-order valence-corrected chi connectivity index (χ0v) is 19.5. The molecule has 2 aromatic carbocycles. The summed E-state index contributed by atoms with van der Waals surface area (Å²) >= 11 is 0. The number of phenolic OH excluding ortho intramolecular Hbond substituents is 1. The van der Waals surface area contributed by atoms with E-state index in [0.29, 0.717) is 47.8 Å². The predicted molar refractivity (Wildman–Crippen MR) is 130 cm³/mol. The van der Waals surface area contributed by atoms with Crippen molar-refractivity contribution in [3.8, 4) is 17.2 Å². The SMILES string of the molecule is CCOc1ccc(NC(=O)c2cnn3c2NC2=C(C(=O)CCC2)[C@@H]3c2ccc(O)c(OC)c2)cc1. The number of benzene rings is 2. The van der Waals surface area contributed by atoms with E-state index >= 15 is 0 Å². The maximum Gasteiger partial charge on any atom is 0.261 e. The Morgan fingerprint density at radius 3 is 2.77 bits per heavy atom. The van der Waals surface area contributed by atoms with Crippen LogP contribution in [0, 0.1) is 0 Å². The van der Waals surface area contributed by atoms with Gasteiger partial charge in [-0.2, -0.15) is 5.10 Å². The molecule has 5 rings (SSSR count). The number of methoxy groups -OCH3 is 1. The van der Waals surface area contributed by atoms with Crippen LogP contribution in [0.1, 0.15) is 48.1 Å². The van der Waals surface area contributed by atoms with Crippen LogP contribution in [0.2, 0.25) is 0 Å². The molecule has 0 spiro atoms. The average Bonchev–Trinajstić information content (AvgIpc) is 3.28. The highest BCUT2D eigenvalue weighted by atomic mass is 16.5. The molecule has 2 heterocycles. The Balaban J connectivity index is 1.52. The number of hydrogen-bond acceptors (Lipinski definition) is 7. The molecule has 35 heavy (non-hydrogen) atoms. The van der Waals surface area contributed by atoms with Crippen LogP contribution >= 0.6 is 0 Å². The number of carbonyl (C=O) groups excluding carboxylic acids is 2. The largest absolute Gasteiger partial charge is 0.504 e. The molecular weight excluding hydrogens is 448 g/mol. The van der Waals surface area contributed by atoms with Gasteiger partial charge in [-0.1, -0.05) is 6.07 Å². The number of amides is 1. The number of aromatic hydroxyl groups is 1. The van der Waals surface area contributed by atoms with Crippen molar-refractivity contribution in [3.63, 3.8) is 0 Å². The molecule has 1 atom stereocenters. The lowest BCUT2D eigenvalue weighted by atomic mass is 9.85. The van der Waals surface area contributed by atoms with E-state index in [1.807, 2.05) is 6.92 Å². The van der Waals surface area contributed by atoms with E-state index in [1.165, 1.54) is 19.4 Å². The molecule has 0 saturated heterocycles. The van der Waals surface area contributed by atoms with Crippen LogP contribution in [0.5, 0.6) is 17.2 Å². The maximum absolute atomic E-state index is 13.2. The van der Waals surface area contributed by atoms with E-state index in [1.54, 1.807) is 41.1 Å². The summed E-state index contributed by atoms with van der Waals surface area (Å²) in [6.07, 6.45) is 3.38. The van der Waals surface area contributed by atoms with Gasteiger partial charge in [-0.15, -0.1) is 0 Å². The molecule has 180 valence electrons. The van der Waals surface area contributed by atoms with Crippen LogP contribution in [-0.2, 0) is 4.79 Å². The third-order valence-corrected chi connectivity index (χ3v) is 6.23. The summed E-state index contributed by atoms with van der Waals surface area (Å²) < 4.78 is 12.4. The molecule has 1 aliphatic carbocycles. The number of aromatic nitrogens is 2. The number of hydrogen-bond donors (Lipinski definition) is 3. The smallest absolute Gasteiger partial charge is 0.261 e. The zero-order valence-electron chi connectivity index (χ0n) is 19.5. The number of carbonyl (C=O) groups is 2. The molecule has 1 aliphatic heterocycles. The fourth-order valence-electron chi connectivity index (χ4n) is 4.60. The second kappa shape index (κ2) is 9.17. The van der Waals surface area contributed by atoms with Gasteiger partial charge >= 0.3 is 0 Å². The summed E-state index contributed by atoms with van der Waals surface area (Å²) in [5, 5.41) is 20.8. The summed E-state index contributed by atoms with van der Waals surface area (Å²) in [4.78, 5) is 26.2. The van der Waals surface area contributed by atoms with E-state index < -0.39 is 6.04 Å². The van der Waals surface area contributed by atoms with Crippen LogP contribution < -0.4 is 20.1 Å². The number of rotatable bonds is 6. The highest BCUT2D eigenvalue weighted by molar-refractivity contribution is 6.08. The minimum Gasteiger partial charge on any atom is -0.504 e. The first-order chi connectivity index (χ1) is 17.0. The van der Waals surface area contributed by atoms with Crippen LogP contribution in [0.15, 0.2) is 59.9 Å². The van der Waals surface area contributed by atoms with Gasteiger partial charge in [-0.05, 0) is 61.7 Å². The van der Waals surface area contributed by atoms with Crippen molar-refractivity contribution in [2.24, 2.45) is 0 Å². The number of nitrogens with one attached hydrogen (secondary N) is 2. The molecule has 0 fully saturated rings. The highest BCUT2D eigenvalue weighted by Crippen LogP contribution is 2.43. The first-order valence-corrected chi connectivity index (χ1v) is 11.5. The molecule has 1 amide bonds. The molecule has 0 radical (unpaired) electrons. The van der Waals surface area contributed by atoms with E-state index in [4.69, 9.17) is 9.47 Å². The van der Waals surface area contributed by atoms with Gasteiger partial charge in [0.25, 0.3) is 5.91 Å². The number of nitrogens with zero attached hydrogens (tertiary/aromatic N) is 2. The Morgan fingerprint density at radius 1 is 1.23 bits per heavy atom. The maximum atomic E-state index is 13.2. The van der Waals surface area contributed by atoms with Gasteiger partial charge in [0.2, 0.25) is 0 Å². The van der Waals surface area contributed by atoms with E-state index in [-0.39, 0.29) is 17.4 Å². The molecule has 0 bridgehead atoms. The van der Waals surface area contributed by atoms with Gasteiger partial charge in [0.05, 0.1) is 19.9 Å². The first kappa shape index (κ1) is 22.5. The number of allylic oxidation sites excluding steroid dienone is 2. The number of anilines is 2. The summed E-state index contributed by atoms with van der Waals surface area (Å²) in [5.74, 6) is 1.26. The number of ketones is 1.